The van der Waals surface area contributed by atoms with Gasteiger partial charge in [-0.1, -0.05) is 24.3 Å². The van der Waals surface area contributed by atoms with E-state index < -0.39 is 18.5 Å². The zero-order valence-corrected chi connectivity index (χ0v) is 15.9. The minimum absolute atomic E-state index is 0.0186. The molecule has 1 aliphatic rings. The molecule has 1 aliphatic heterocycles. The normalized spacial score (nSPS) is 13.3. The summed E-state index contributed by atoms with van der Waals surface area (Å²) < 4.78 is 5.14. The Kier molecular flexibility index (Phi) is 6.80. The average molecular weight is 397 g/mol. The van der Waals surface area contributed by atoms with E-state index in [1.165, 1.54) is 0 Å². The maximum absolute atomic E-state index is 12.3. The maximum atomic E-state index is 12.3. The van der Waals surface area contributed by atoms with E-state index in [1.807, 2.05) is 0 Å². The monoisotopic (exact) mass is 397 g/mol. The van der Waals surface area contributed by atoms with Crippen molar-refractivity contribution in [2.75, 3.05) is 41.8 Å². The molecule has 2 amide bonds. The first-order valence-electron chi connectivity index (χ1n) is 9.40. The van der Waals surface area contributed by atoms with Crippen molar-refractivity contribution in [3.05, 3.63) is 54.1 Å². The molecule has 29 heavy (non-hydrogen) atoms. The lowest BCUT2D eigenvalue weighted by atomic mass is 10.2. The highest BCUT2D eigenvalue weighted by atomic mass is 16.5. The number of hydrogen-bond acceptors (Lipinski definition) is 6. The molecule has 2 aromatic rings. The molecular weight excluding hydrogens is 374 g/mol. The lowest BCUT2D eigenvalue weighted by Crippen LogP contribution is -2.27. The van der Waals surface area contributed by atoms with Crippen LogP contribution in [0.25, 0.3) is 0 Å². The van der Waals surface area contributed by atoms with Crippen LogP contribution in [0.5, 0.6) is 0 Å². The summed E-state index contributed by atoms with van der Waals surface area (Å²) in [5.41, 5.74) is 1.92. The van der Waals surface area contributed by atoms with Crippen molar-refractivity contribution >= 4 is 34.8 Å². The maximum Gasteiger partial charge on any atom is 0.340 e. The number of para-hydroxylation sites is 3. The van der Waals surface area contributed by atoms with E-state index in [2.05, 4.69) is 10.6 Å². The molecular formula is C21H23N3O5. The summed E-state index contributed by atoms with van der Waals surface area (Å²) in [5, 5.41) is 14.6. The zero-order valence-electron chi connectivity index (χ0n) is 15.9. The van der Waals surface area contributed by atoms with Crippen molar-refractivity contribution in [3.63, 3.8) is 0 Å². The number of esters is 1. The molecule has 8 heteroatoms. The Labute approximate surface area is 168 Å². The van der Waals surface area contributed by atoms with Crippen molar-refractivity contribution in [1.29, 1.82) is 0 Å². The number of carbonyl (C=O) groups is 3. The van der Waals surface area contributed by atoms with Crippen molar-refractivity contribution in [2.24, 2.45) is 0 Å². The fourth-order valence-corrected chi connectivity index (χ4v) is 3.12. The molecule has 0 atom stereocenters. The fourth-order valence-electron chi connectivity index (χ4n) is 3.12. The molecule has 0 aliphatic carbocycles. The van der Waals surface area contributed by atoms with Gasteiger partial charge in [0, 0.05) is 25.2 Å². The summed E-state index contributed by atoms with van der Waals surface area (Å²) in [6.45, 7) is 0.356. The molecule has 0 spiro atoms. The minimum Gasteiger partial charge on any atom is -0.452 e. The van der Waals surface area contributed by atoms with E-state index in [4.69, 9.17) is 9.84 Å². The van der Waals surface area contributed by atoms with Gasteiger partial charge in [0.05, 0.1) is 23.5 Å². The second-order valence-electron chi connectivity index (χ2n) is 6.49. The zero-order chi connectivity index (χ0) is 20.6. The predicted molar refractivity (Wildman–Crippen MR) is 109 cm³/mol. The van der Waals surface area contributed by atoms with Gasteiger partial charge in [0.2, 0.25) is 5.91 Å². The van der Waals surface area contributed by atoms with Crippen LogP contribution in [0.2, 0.25) is 0 Å². The largest absolute Gasteiger partial charge is 0.452 e. The van der Waals surface area contributed by atoms with Crippen molar-refractivity contribution in [1.82, 2.24) is 0 Å². The fraction of sp³-hybridized carbons (Fsp3) is 0.286. The Hall–Kier alpha value is -3.39. The second kappa shape index (κ2) is 9.70. The molecule has 0 bridgehead atoms. The van der Waals surface area contributed by atoms with Crippen LogP contribution in [0.1, 0.15) is 23.2 Å². The standard InChI is InChI=1S/C21H23N3O5/c25-13-11-22-16-7-2-1-6-15(16)21(28)29-14-19(26)23-17-8-3-4-9-18(17)24-12-5-10-20(24)27/h1-4,6-9,22,25H,5,10-14H2,(H,23,26). The van der Waals surface area contributed by atoms with Crippen molar-refractivity contribution in [2.45, 2.75) is 12.8 Å². The van der Waals surface area contributed by atoms with Gasteiger partial charge in [-0.15, -0.1) is 0 Å². The van der Waals surface area contributed by atoms with E-state index >= 15 is 0 Å². The van der Waals surface area contributed by atoms with Crippen LogP contribution in [-0.4, -0.2) is 49.2 Å². The molecule has 3 N–H and O–H groups in total. The van der Waals surface area contributed by atoms with Crippen LogP contribution in [0.15, 0.2) is 48.5 Å². The van der Waals surface area contributed by atoms with Gasteiger partial charge >= 0.3 is 5.97 Å². The topological polar surface area (TPSA) is 108 Å². The average Bonchev–Trinajstić information content (AvgIpc) is 3.16. The number of aliphatic hydroxyl groups is 1. The molecule has 0 aromatic heterocycles. The van der Waals surface area contributed by atoms with Gasteiger partial charge in [-0.3, -0.25) is 9.59 Å². The van der Waals surface area contributed by atoms with Gasteiger partial charge in [0.15, 0.2) is 6.61 Å². The van der Waals surface area contributed by atoms with Crippen LogP contribution in [0, 0.1) is 0 Å². The first kappa shape index (κ1) is 20.3. The number of hydrogen-bond donors (Lipinski definition) is 3. The Balaban J connectivity index is 1.61. The number of rotatable bonds is 8. The number of benzene rings is 2. The van der Waals surface area contributed by atoms with Gasteiger partial charge in [0.1, 0.15) is 0 Å². The number of amides is 2. The highest BCUT2D eigenvalue weighted by molar-refractivity contribution is 6.03. The lowest BCUT2D eigenvalue weighted by Gasteiger charge is -2.20. The predicted octanol–water partition coefficient (Wildman–Crippen LogP) is 2.01. The number of nitrogens with zero attached hydrogens (tertiary/aromatic N) is 1. The van der Waals surface area contributed by atoms with Crippen LogP contribution in [0.4, 0.5) is 17.1 Å². The van der Waals surface area contributed by atoms with Gasteiger partial charge in [-0.25, -0.2) is 4.79 Å². The van der Waals surface area contributed by atoms with Crippen molar-refractivity contribution < 1.29 is 24.2 Å². The smallest absolute Gasteiger partial charge is 0.340 e. The molecule has 1 fully saturated rings. The summed E-state index contributed by atoms with van der Waals surface area (Å²) in [5.74, 6) is -1.13. The Bertz CT molecular complexity index is 899. The summed E-state index contributed by atoms with van der Waals surface area (Å²) in [6.07, 6.45) is 1.27. The quantitative estimate of drug-likeness (QED) is 0.588. The lowest BCUT2D eigenvalue weighted by molar-refractivity contribution is -0.119. The highest BCUT2D eigenvalue weighted by Crippen LogP contribution is 2.29. The van der Waals surface area contributed by atoms with E-state index in [1.54, 1.807) is 53.4 Å². The van der Waals surface area contributed by atoms with E-state index in [0.717, 1.165) is 6.42 Å². The third kappa shape index (κ3) is 5.11. The summed E-state index contributed by atoms with van der Waals surface area (Å²) in [6, 6.07) is 13.7. The molecule has 0 saturated carbocycles. The van der Waals surface area contributed by atoms with Gasteiger partial charge in [-0.2, -0.15) is 0 Å². The summed E-state index contributed by atoms with van der Waals surface area (Å²) >= 11 is 0. The first-order chi connectivity index (χ1) is 14.1. The van der Waals surface area contributed by atoms with Gasteiger partial charge < -0.3 is 25.4 Å². The van der Waals surface area contributed by atoms with Gasteiger partial charge in [-0.05, 0) is 30.7 Å². The summed E-state index contributed by atoms with van der Waals surface area (Å²) in [7, 11) is 0. The Morgan fingerprint density at radius 3 is 2.52 bits per heavy atom. The number of nitrogens with one attached hydrogen (secondary N) is 2. The number of ether oxygens (including phenoxy) is 1. The SMILES string of the molecule is O=C(COC(=O)c1ccccc1NCCO)Nc1ccccc1N1CCCC1=O. The first-order valence-corrected chi connectivity index (χ1v) is 9.40. The molecule has 0 radical (unpaired) electrons. The third-order valence-electron chi connectivity index (χ3n) is 4.45. The second-order valence-corrected chi connectivity index (χ2v) is 6.49. The van der Waals surface area contributed by atoms with E-state index in [0.29, 0.717) is 30.0 Å². The Morgan fingerprint density at radius 1 is 1.07 bits per heavy atom. The molecule has 0 unspecified atom stereocenters. The van der Waals surface area contributed by atoms with Gasteiger partial charge in [0.25, 0.3) is 5.91 Å². The van der Waals surface area contributed by atoms with Crippen LogP contribution in [-0.2, 0) is 14.3 Å². The molecule has 152 valence electrons. The molecule has 1 heterocycles. The van der Waals surface area contributed by atoms with E-state index in [9.17, 15) is 14.4 Å². The molecule has 1 saturated heterocycles. The Morgan fingerprint density at radius 2 is 1.79 bits per heavy atom. The summed E-state index contributed by atoms with van der Waals surface area (Å²) in [4.78, 5) is 38.3. The minimum atomic E-state index is -0.649. The highest BCUT2D eigenvalue weighted by Gasteiger charge is 2.24. The number of carbonyl (C=O) groups excluding carboxylic acids is 3. The molecule has 8 nitrogen and oxygen atoms in total. The van der Waals surface area contributed by atoms with Crippen LogP contribution < -0.4 is 15.5 Å². The number of aliphatic hydroxyl groups excluding tert-OH is 1. The molecule has 3 rings (SSSR count). The number of anilines is 3. The third-order valence-corrected chi connectivity index (χ3v) is 4.45. The van der Waals surface area contributed by atoms with E-state index in [-0.39, 0.29) is 24.6 Å². The molecule has 2 aromatic carbocycles. The van der Waals surface area contributed by atoms with Crippen LogP contribution >= 0.6 is 0 Å². The van der Waals surface area contributed by atoms with Crippen LogP contribution in [0.3, 0.4) is 0 Å². The van der Waals surface area contributed by atoms with Crippen molar-refractivity contribution in [3.8, 4) is 0 Å².